The topological polar surface area (TPSA) is 63.4 Å². The number of hydrogen-bond donors (Lipinski definition) is 0. The minimum Gasteiger partial charge on any atom is -0.356 e. The van der Waals surface area contributed by atoms with Gasteiger partial charge in [-0.05, 0) is 31.9 Å². The number of nitrogens with zero attached hydrogens (tertiary/aromatic N) is 2. The molecule has 0 amide bonds. The Labute approximate surface area is 144 Å². The van der Waals surface area contributed by atoms with Gasteiger partial charge in [0.1, 0.15) is 4.90 Å². The first-order valence-corrected chi connectivity index (χ1v) is 9.87. The molecule has 2 aromatic heterocycles. The molecule has 4 rings (SSSR count). The molecule has 7 heteroatoms. The molecule has 0 atom stereocenters. The van der Waals surface area contributed by atoms with E-state index < -0.39 is 10.0 Å². The van der Waals surface area contributed by atoms with Crippen molar-refractivity contribution in [1.82, 2.24) is 5.16 Å². The predicted molar refractivity (Wildman–Crippen MR) is 94.0 cm³/mol. The van der Waals surface area contributed by atoms with Gasteiger partial charge in [-0.3, -0.25) is 4.31 Å². The standard InChI is InChI=1S/C17H16N2O3S2/c1-11-16(15-7-9-18-22-15)17(12(2)23-11)24(20,21)19-10-8-13-5-3-4-6-14(13)19/h3-7,9H,8,10H2,1-2H3. The Morgan fingerprint density at radius 2 is 1.96 bits per heavy atom. The number of para-hydroxylation sites is 1. The number of fused-ring (bicyclic) bond motifs is 1. The summed E-state index contributed by atoms with van der Waals surface area (Å²) >= 11 is 1.47. The SMILES string of the molecule is Cc1sc(C)c(S(=O)(=O)N2CCc3ccccc32)c1-c1ccno1. The van der Waals surface area contributed by atoms with Gasteiger partial charge in [0.05, 0.1) is 17.4 Å². The molecule has 0 saturated carbocycles. The highest BCUT2D eigenvalue weighted by Crippen LogP contribution is 2.42. The monoisotopic (exact) mass is 360 g/mol. The van der Waals surface area contributed by atoms with Gasteiger partial charge < -0.3 is 4.52 Å². The van der Waals surface area contributed by atoms with Gasteiger partial charge >= 0.3 is 0 Å². The normalized spacial score (nSPS) is 14.2. The van der Waals surface area contributed by atoms with Crippen LogP contribution in [0.5, 0.6) is 0 Å². The van der Waals surface area contributed by atoms with Gasteiger partial charge in [0, 0.05) is 22.4 Å². The van der Waals surface area contributed by atoms with Gasteiger partial charge in [-0.15, -0.1) is 11.3 Å². The Bertz CT molecular complexity index is 1000. The third kappa shape index (κ3) is 2.19. The van der Waals surface area contributed by atoms with E-state index in [0.29, 0.717) is 22.8 Å². The van der Waals surface area contributed by atoms with Gasteiger partial charge in [0.25, 0.3) is 10.0 Å². The lowest BCUT2D eigenvalue weighted by Crippen LogP contribution is -2.29. The highest BCUT2D eigenvalue weighted by molar-refractivity contribution is 7.93. The van der Waals surface area contributed by atoms with Gasteiger partial charge in [0.2, 0.25) is 0 Å². The van der Waals surface area contributed by atoms with Crippen molar-refractivity contribution in [1.29, 1.82) is 0 Å². The summed E-state index contributed by atoms with van der Waals surface area (Å²) in [6.45, 7) is 4.21. The van der Waals surface area contributed by atoms with Crippen molar-refractivity contribution >= 4 is 27.0 Å². The number of sulfonamides is 1. The molecule has 0 saturated heterocycles. The van der Waals surface area contributed by atoms with Gasteiger partial charge in [-0.1, -0.05) is 23.4 Å². The second kappa shape index (κ2) is 5.46. The van der Waals surface area contributed by atoms with E-state index in [2.05, 4.69) is 5.16 Å². The largest absolute Gasteiger partial charge is 0.356 e. The molecule has 1 aromatic carbocycles. The average molecular weight is 360 g/mol. The van der Waals surface area contributed by atoms with Crippen LogP contribution in [0.1, 0.15) is 15.3 Å². The summed E-state index contributed by atoms with van der Waals surface area (Å²) in [5, 5.41) is 3.73. The number of hydrogen-bond acceptors (Lipinski definition) is 5. The van der Waals surface area contributed by atoms with Crippen LogP contribution in [0.25, 0.3) is 11.3 Å². The number of aromatic nitrogens is 1. The Morgan fingerprint density at radius 1 is 1.17 bits per heavy atom. The number of aryl methyl sites for hydroxylation is 2. The lowest BCUT2D eigenvalue weighted by molar-refractivity contribution is 0.431. The van der Waals surface area contributed by atoms with E-state index in [4.69, 9.17) is 4.52 Å². The predicted octanol–water partition coefficient (Wildman–Crippen LogP) is 3.77. The fourth-order valence-corrected chi connectivity index (χ4v) is 6.60. The number of rotatable bonds is 3. The second-order valence-corrected chi connectivity index (χ2v) is 8.98. The molecule has 0 fully saturated rings. The minimum absolute atomic E-state index is 0.332. The molecule has 24 heavy (non-hydrogen) atoms. The van der Waals surface area contributed by atoms with Crippen molar-refractivity contribution in [2.24, 2.45) is 0 Å². The van der Waals surface area contributed by atoms with E-state index in [0.717, 1.165) is 27.4 Å². The first-order valence-electron chi connectivity index (χ1n) is 7.62. The van der Waals surface area contributed by atoms with Crippen molar-refractivity contribution in [3.05, 3.63) is 51.8 Å². The van der Waals surface area contributed by atoms with E-state index in [1.807, 2.05) is 38.1 Å². The van der Waals surface area contributed by atoms with Gasteiger partial charge in [-0.25, -0.2) is 8.42 Å². The molecular formula is C17H16N2O3S2. The molecule has 0 unspecified atom stereocenters. The third-order valence-electron chi connectivity index (χ3n) is 4.28. The zero-order valence-corrected chi connectivity index (χ0v) is 14.9. The van der Waals surface area contributed by atoms with Gasteiger partial charge in [-0.2, -0.15) is 0 Å². The van der Waals surface area contributed by atoms with E-state index in [1.165, 1.54) is 21.8 Å². The summed E-state index contributed by atoms with van der Waals surface area (Å²) in [6, 6.07) is 9.35. The van der Waals surface area contributed by atoms with E-state index in [-0.39, 0.29) is 0 Å². The van der Waals surface area contributed by atoms with Crippen LogP contribution in [0, 0.1) is 13.8 Å². The molecule has 0 radical (unpaired) electrons. The molecule has 0 spiro atoms. The average Bonchev–Trinajstić information content (AvgIpc) is 3.25. The first kappa shape index (κ1) is 15.4. The summed E-state index contributed by atoms with van der Waals surface area (Å²) < 4.78 is 33.6. The van der Waals surface area contributed by atoms with Crippen LogP contribution in [0.4, 0.5) is 5.69 Å². The number of benzene rings is 1. The minimum atomic E-state index is -3.66. The van der Waals surface area contributed by atoms with E-state index in [9.17, 15) is 8.42 Å². The molecule has 1 aliphatic rings. The highest BCUT2D eigenvalue weighted by atomic mass is 32.2. The quantitative estimate of drug-likeness (QED) is 0.713. The molecule has 1 aliphatic heterocycles. The van der Waals surface area contributed by atoms with Crippen LogP contribution < -0.4 is 4.31 Å². The van der Waals surface area contributed by atoms with Crippen LogP contribution in [0.15, 0.2) is 45.9 Å². The zero-order valence-electron chi connectivity index (χ0n) is 13.3. The maximum absolute atomic E-state index is 13.4. The molecule has 0 N–H and O–H groups in total. The molecule has 5 nitrogen and oxygen atoms in total. The van der Waals surface area contributed by atoms with Crippen molar-refractivity contribution in [2.45, 2.75) is 25.2 Å². The van der Waals surface area contributed by atoms with Crippen molar-refractivity contribution in [3.63, 3.8) is 0 Å². The number of anilines is 1. The van der Waals surface area contributed by atoms with Crippen molar-refractivity contribution < 1.29 is 12.9 Å². The lowest BCUT2D eigenvalue weighted by Gasteiger charge is -2.20. The summed E-state index contributed by atoms with van der Waals surface area (Å²) in [7, 11) is -3.66. The van der Waals surface area contributed by atoms with E-state index >= 15 is 0 Å². The van der Waals surface area contributed by atoms with Crippen LogP contribution in [0.3, 0.4) is 0 Å². The Kier molecular flexibility index (Phi) is 3.51. The molecule has 0 aliphatic carbocycles. The fourth-order valence-electron chi connectivity index (χ4n) is 3.27. The van der Waals surface area contributed by atoms with Gasteiger partial charge in [0.15, 0.2) is 5.76 Å². The zero-order chi connectivity index (χ0) is 16.9. The fraction of sp³-hybridized carbons (Fsp3) is 0.235. The molecule has 0 bridgehead atoms. The molecule has 124 valence electrons. The van der Waals surface area contributed by atoms with E-state index in [1.54, 1.807) is 6.07 Å². The maximum Gasteiger partial charge on any atom is 0.266 e. The summed E-state index contributed by atoms with van der Waals surface area (Å²) in [5.74, 6) is 0.489. The summed E-state index contributed by atoms with van der Waals surface area (Å²) in [4.78, 5) is 2.01. The Hall–Kier alpha value is -2.12. The molecular weight excluding hydrogens is 344 g/mol. The smallest absolute Gasteiger partial charge is 0.266 e. The van der Waals surface area contributed by atoms with Crippen molar-refractivity contribution in [3.8, 4) is 11.3 Å². The second-order valence-electron chi connectivity index (χ2n) is 5.75. The molecule has 3 aromatic rings. The van der Waals surface area contributed by atoms with Crippen LogP contribution in [0.2, 0.25) is 0 Å². The Balaban J connectivity index is 1.91. The Morgan fingerprint density at radius 3 is 2.71 bits per heavy atom. The first-order chi connectivity index (χ1) is 11.5. The maximum atomic E-state index is 13.4. The summed E-state index contributed by atoms with van der Waals surface area (Å²) in [5.41, 5.74) is 2.45. The number of thiophene rings is 1. The lowest BCUT2D eigenvalue weighted by atomic mass is 10.2. The summed E-state index contributed by atoms with van der Waals surface area (Å²) in [6.07, 6.45) is 2.26. The van der Waals surface area contributed by atoms with Crippen LogP contribution >= 0.6 is 11.3 Å². The van der Waals surface area contributed by atoms with Crippen LogP contribution in [-0.2, 0) is 16.4 Å². The van der Waals surface area contributed by atoms with Crippen molar-refractivity contribution in [2.75, 3.05) is 10.8 Å². The van der Waals surface area contributed by atoms with Crippen LogP contribution in [-0.4, -0.2) is 20.1 Å². The third-order valence-corrected chi connectivity index (χ3v) is 7.42. The highest BCUT2D eigenvalue weighted by Gasteiger charge is 2.36. The molecule has 3 heterocycles.